The Balaban J connectivity index is 1.75. The number of aryl methyl sites for hydroxylation is 1. The molecule has 0 radical (unpaired) electrons. The van der Waals surface area contributed by atoms with Gasteiger partial charge in [0, 0.05) is 11.1 Å². The van der Waals surface area contributed by atoms with Crippen LogP contribution >= 0.6 is 0 Å². The molecule has 0 heterocycles. The summed E-state index contributed by atoms with van der Waals surface area (Å²) in [6, 6.07) is 5.34. The van der Waals surface area contributed by atoms with E-state index in [2.05, 4.69) is 13.8 Å². The quantitative estimate of drug-likeness (QED) is 0.662. The predicted octanol–water partition coefficient (Wildman–Crippen LogP) is 3.56. The molecule has 3 nitrogen and oxygen atoms in total. The molecule has 2 aliphatic carbocycles. The molecule has 20 heavy (non-hydrogen) atoms. The number of fused-ring (bicyclic) bond motifs is 2. The standard InChI is InChI=1S/C17H23NO2/c1-10-8-13(4-5-14(10)18)16(19)20-15-9-12-6-7-17(15,3)11(12)2/h4-5,8,11-12,15H,6-7,9,18H2,1-3H3. The lowest BCUT2D eigenvalue weighted by molar-refractivity contribution is -0.0118. The highest BCUT2D eigenvalue weighted by atomic mass is 16.5. The smallest absolute Gasteiger partial charge is 0.338 e. The number of rotatable bonds is 2. The van der Waals surface area contributed by atoms with Crippen molar-refractivity contribution in [2.45, 2.75) is 46.1 Å². The van der Waals surface area contributed by atoms with Crippen LogP contribution in [-0.2, 0) is 4.74 Å². The van der Waals surface area contributed by atoms with Crippen LogP contribution in [0.3, 0.4) is 0 Å². The number of benzene rings is 1. The average molecular weight is 273 g/mol. The third-order valence-electron chi connectivity index (χ3n) is 5.81. The van der Waals surface area contributed by atoms with Gasteiger partial charge in [-0.1, -0.05) is 13.8 Å². The fourth-order valence-corrected chi connectivity index (χ4v) is 4.02. The van der Waals surface area contributed by atoms with Crippen molar-refractivity contribution in [1.29, 1.82) is 0 Å². The van der Waals surface area contributed by atoms with Crippen LogP contribution in [0.5, 0.6) is 0 Å². The van der Waals surface area contributed by atoms with E-state index in [1.165, 1.54) is 12.8 Å². The fourth-order valence-electron chi connectivity index (χ4n) is 4.02. The summed E-state index contributed by atoms with van der Waals surface area (Å²) in [7, 11) is 0. The van der Waals surface area contributed by atoms with Crippen molar-refractivity contribution in [1.82, 2.24) is 0 Å². The molecule has 2 N–H and O–H groups in total. The van der Waals surface area contributed by atoms with Crippen molar-refractivity contribution >= 4 is 11.7 Å². The predicted molar refractivity (Wildman–Crippen MR) is 79.4 cm³/mol. The lowest BCUT2D eigenvalue weighted by Gasteiger charge is -2.32. The van der Waals surface area contributed by atoms with Gasteiger partial charge in [-0.2, -0.15) is 0 Å². The second kappa shape index (κ2) is 4.51. The first-order valence-corrected chi connectivity index (χ1v) is 7.49. The van der Waals surface area contributed by atoms with Gasteiger partial charge in [0.2, 0.25) is 0 Å². The summed E-state index contributed by atoms with van der Waals surface area (Å²) in [5.74, 6) is 1.18. The Bertz CT molecular complexity index is 554. The monoisotopic (exact) mass is 273 g/mol. The van der Waals surface area contributed by atoms with E-state index in [-0.39, 0.29) is 17.5 Å². The number of nitrogen functional groups attached to an aromatic ring is 1. The lowest BCUT2D eigenvalue weighted by atomic mass is 9.80. The van der Waals surface area contributed by atoms with Crippen LogP contribution in [0.1, 0.15) is 49.0 Å². The molecule has 108 valence electrons. The molecule has 0 amide bonds. The largest absolute Gasteiger partial charge is 0.458 e. The number of anilines is 1. The summed E-state index contributed by atoms with van der Waals surface area (Å²) in [5.41, 5.74) is 8.20. The minimum atomic E-state index is -0.209. The third-order valence-corrected chi connectivity index (χ3v) is 5.81. The summed E-state index contributed by atoms with van der Waals surface area (Å²) in [6.45, 7) is 6.49. The number of hydrogen-bond donors (Lipinski definition) is 1. The van der Waals surface area contributed by atoms with Crippen LogP contribution in [0.2, 0.25) is 0 Å². The molecule has 0 saturated heterocycles. The van der Waals surface area contributed by atoms with Crippen LogP contribution < -0.4 is 5.73 Å². The van der Waals surface area contributed by atoms with E-state index in [1.54, 1.807) is 12.1 Å². The molecule has 0 spiro atoms. The molecule has 3 heteroatoms. The van der Waals surface area contributed by atoms with Gasteiger partial charge in [0.05, 0.1) is 5.56 Å². The van der Waals surface area contributed by atoms with Gasteiger partial charge in [0.25, 0.3) is 0 Å². The topological polar surface area (TPSA) is 52.3 Å². The van der Waals surface area contributed by atoms with E-state index in [1.807, 2.05) is 13.0 Å². The zero-order valence-corrected chi connectivity index (χ0v) is 12.5. The molecule has 2 saturated carbocycles. The Morgan fingerprint density at radius 2 is 2.20 bits per heavy atom. The minimum Gasteiger partial charge on any atom is -0.458 e. The first kappa shape index (κ1) is 13.5. The van der Waals surface area contributed by atoms with Gasteiger partial charge in [0.1, 0.15) is 6.10 Å². The molecular formula is C17H23NO2. The van der Waals surface area contributed by atoms with Gasteiger partial charge in [-0.25, -0.2) is 4.79 Å². The van der Waals surface area contributed by atoms with Gasteiger partial charge < -0.3 is 10.5 Å². The van der Waals surface area contributed by atoms with Crippen molar-refractivity contribution < 1.29 is 9.53 Å². The molecule has 2 aliphatic rings. The summed E-state index contributed by atoms with van der Waals surface area (Å²) in [5, 5.41) is 0. The molecule has 4 unspecified atom stereocenters. The van der Waals surface area contributed by atoms with Gasteiger partial charge in [-0.05, 0) is 61.8 Å². The lowest BCUT2D eigenvalue weighted by Crippen LogP contribution is -2.34. The highest BCUT2D eigenvalue weighted by molar-refractivity contribution is 5.90. The number of esters is 1. The number of hydrogen-bond acceptors (Lipinski definition) is 3. The average Bonchev–Trinajstić information content (AvgIpc) is 2.82. The zero-order chi connectivity index (χ0) is 14.5. The molecule has 2 fully saturated rings. The van der Waals surface area contributed by atoms with Gasteiger partial charge >= 0.3 is 5.97 Å². The maximum Gasteiger partial charge on any atom is 0.338 e. The second-order valence-electron chi connectivity index (χ2n) is 6.79. The minimum absolute atomic E-state index is 0.0709. The molecule has 2 bridgehead atoms. The van der Waals surface area contributed by atoms with Gasteiger partial charge in [0.15, 0.2) is 0 Å². The number of ether oxygens (including phenoxy) is 1. The van der Waals surface area contributed by atoms with Crippen LogP contribution in [-0.4, -0.2) is 12.1 Å². The Hall–Kier alpha value is -1.51. The Labute approximate surface area is 120 Å². The van der Waals surface area contributed by atoms with Crippen molar-refractivity contribution in [3.05, 3.63) is 29.3 Å². The first-order valence-electron chi connectivity index (χ1n) is 7.49. The molecule has 0 aromatic heterocycles. The number of carbonyl (C=O) groups excluding carboxylic acids is 1. The van der Waals surface area contributed by atoms with Crippen LogP contribution in [0.4, 0.5) is 5.69 Å². The van der Waals surface area contributed by atoms with E-state index in [9.17, 15) is 4.79 Å². The highest BCUT2D eigenvalue weighted by Gasteiger charge is 2.56. The third kappa shape index (κ3) is 1.91. The van der Waals surface area contributed by atoms with E-state index in [0.717, 1.165) is 17.9 Å². The Morgan fingerprint density at radius 1 is 1.45 bits per heavy atom. The van der Waals surface area contributed by atoms with E-state index < -0.39 is 0 Å². The van der Waals surface area contributed by atoms with Crippen LogP contribution in [0, 0.1) is 24.2 Å². The maximum absolute atomic E-state index is 12.3. The number of nitrogens with two attached hydrogens (primary N) is 1. The van der Waals surface area contributed by atoms with E-state index in [4.69, 9.17) is 10.5 Å². The van der Waals surface area contributed by atoms with Crippen molar-refractivity contribution in [3.8, 4) is 0 Å². The summed E-state index contributed by atoms with van der Waals surface area (Å²) < 4.78 is 5.82. The Kier molecular flexibility index (Phi) is 3.03. The number of carbonyl (C=O) groups is 1. The van der Waals surface area contributed by atoms with Gasteiger partial charge in [-0.15, -0.1) is 0 Å². The van der Waals surface area contributed by atoms with Crippen LogP contribution in [0.15, 0.2) is 18.2 Å². The fraction of sp³-hybridized carbons (Fsp3) is 0.588. The van der Waals surface area contributed by atoms with Crippen LogP contribution in [0.25, 0.3) is 0 Å². The second-order valence-corrected chi connectivity index (χ2v) is 6.79. The molecule has 3 rings (SSSR count). The molecule has 4 atom stereocenters. The maximum atomic E-state index is 12.3. The molecule has 1 aromatic carbocycles. The Morgan fingerprint density at radius 3 is 2.75 bits per heavy atom. The van der Waals surface area contributed by atoms with E-state index >= 15 is 0 Å². The van der Waals surface area contributed by atoms with Gasteiger partial charge in [-0.3, -0.25) is 0 Å². The van der Waals surface area contributed by atoms with Crippen molar-refractivity contribution in [2.75, 3.05) is 5.73 Å². The molecule has 0 aliphatic heterocycles. The summed E-state index contributed by atoms with van der Waals surface area (Å²) in [6.07, 6.45) is 3.56. The first-order chi connectivity index (χ1) is 9.41. The summed E-state index contributed by atoms with van der Waals surface area (Å²) >= 11 is 0. The van der Waals surface area contributed by atoms with E-state index in [0.29, 0.717) is 17.2 Å². The zero-order valence-electron chi connectivity index (χ0n) is 12.5. The van der Waals surface area contributed by atoms with Crippen molar-refractivity contribution in [3.63, 3.8) is 0 Å². The molecule has 1 aromatic rings. The SMILES string of the molecule is Cc1cc(C(=O)OC2CC3CCC2(C)C3C)ccc1N. The van der Waals surface area contributed by atoms with Crippen molar-refractivity contribution in [2.24, 2.45) is 17.3 Å². The highest BCUT2D eigenvalue weighted by Crippen LogP contribution is 2.58. The summed E-state index contributed by atoms with van der Waals surface area (Å²) in [4.78, 5) is 12.3. The molecular weight excluding hydrogens is 250 g/mol. The normalized spacial score (nSPS) is 35.2.